The van der Waals surface area contributed by atoms with Crippen molar-refractivity contribution in [3.63, 3.8) is 0 Å². The highest BCUT2D eigenvalue weighted by Crippen LogP contribution is 2.27. The number of rotatable bonds is 4. The van der Waals surface area contributed by atoms with Crippen LogP contribution in [0.15, 0.2) is 47.4 Å². The Kier molecular flexibility index (Phi) is 4.86. The van der Waals surface area contributed by atoms with Crippen molar-refractivity contribution in [2.24, 2.45) is 0 Å². The average molecular weight is 397 g/mol. The van der Waals surface area contributed by atoms with Gasteiger partial charge in [0.05, 0.1) is 17.2 Å². The Morgan fingerprint density at radius 2 is 1.76 bits per heavy atom. The van der Waals surface area contributed by atoms with Gasteiger partial charge in [0.1, 0.15) is 5.65 Å². The first-order chi connectivity index (χ1) is 11.7. The van der Waals surface area contributed by atoms with Gasteiger partial charge < -0.3 is 0 Å². The molecule has 0 fully saturated rings. The fourth-order valence-electron chi connectivity index (χ4n) is 2.50. The van der Waals surface area contributed by atoms with E-state index in [9.17, 15) is 13.2 Å². The van der Waals surface area contributed by atoms with Gasteiger partial charge in [-0.15, -0.1) is 0 Å². The maximum Gasteiger partial charge on any atom is 0.258 e. The van der Waals surface area contributed by atoms with E-state index >= 15 is 0 Å². The van der Waals surface area contributed by atoms with Crippen molar-refractivity contribution in [2.45, 2.75) is 18.4 Å². The van der Waals surface area contributed by atoms with Crippen LogP contribution < -0.4 is 5.56 Å². The van der Waals surface area contributed by atoms with Crippen LogP contribution in [0.2, 0.25) is 10.0 Å². The zero-order chi connectivity index (χ0) is 18.2. The van der Waals surface area contributed by atoms with Gasteiger partial charge in [0.15, 0.2) is 9.84 Å². The zero-order valence-electron chi connectivity index (χ0n) is 13.2. The molecule has 0 aliphatic carbocycles. The molecule has 3 rings (SSSR count). The predicted molar refractivity (Wildman–Crippen MR) is 99.0 cm³/mol. The molecule has 130 valence electrons. The number of halogens is 2. The summed E-state index contributed by atoms with van der Waals surface area (Å²) in [6.45, 7) is 1.86. The van der Waals surface area contributed by atoms with Gasteiger partial charge in [-0.25, -0.2) is 13.4 Å². The number of sulfone groups is 1. The minimum Gasteiger partial charge on any atom is -0.269 e. The van der Waals surface area contributed by atoms with Crippen molar-refractivity contribution in [1.82, 2.24) is 9.38 Å². The highest BCUT2D eigenvalue weighted by molar-refractivity contribution is 7.89. The second kappa shape index (κ2) is 6.78. The van der Waals surface area contributed by atoms with E-state index in [-0.39, 0.29) is 32.8 Å². The average Bonchev–Trinajstić information content (AvgIpc) is 2.51. The van der Waals surface area contributed by atoms with E-state index in [0.29, 0.717) is 11.2 Å². The second-order valence-electron chi connectivity index (χ2n) is 5.75. The molecule has 25 heavy (non-hydrogen) atoms. The van der Waals surface area contributed by atoms with Crippen molar-refractivity contribution in [1.29, 1.82) is 0 Å². The monoisotopic (exact) mass is 396 g/mol. The van der Waals surface area contributed by atoms with Gasteiger partial charge in [0, 0.05) is 27.9 Å². The fourth-order valence-corrected chi connectivity index (χ4v) is 4.64. The number of fused-ring (bicyclic) bond motifs is 1. The number of benzene rings is 1. The second-order valence-corrected chi connectivity index (χ2v) is 8.63. The molecular weight excluding hydrogens is 383 g/mol. The predicted octanol–water partition coefficient (Wildman–Crippen LogP) is 3.42. The van der Waals surface area contributed by atoms with Gasteiger partial charge in [0.25, 0.3) is 5.56 Å². The van der Waals surface area contributed by atoms with Crippen LogP contribution in [0.25, 0.3) is 5.65 Å². The maximum absolute atomic E-state index is 12.5. The summed E-state index contributed by atoms with van der Waals surface area (Å²) in [7, 11) is -3.61. The molecule has 0 radical (unpaired) electrons. The molecule has 0 saturated heterocycles. The van der Waals surface area contributed by atoms with Crippen molar-refractivity contribution < 1.29 is 8.42 Å². The van der Waals surface area contributed by atoms with E-state index in [0.717, 1.165) is 5.56 Å². The number of hydrogen-bond acceptors (Lipinski definition) is 4. The molecule has 0 spiro atoms. The van der Waals surface area contributed by atoms with E-state index < -0.39 is 9.84 Å². The Labute approximate surface area is 154 Å². The van der Waals surface area contributed by atoms with Crippen LogP contribution in [-0.4, -0.2) is 17.8 Å². The summed E-state index contributed by atoms with van der Waals surface area (Å²) >= 11 is 12.1. The molecule has 3 aromatic rings. The largest absolute Gasteiger partial charge is 0.269 e. The number of pyridine rings is 1. The SMILES string of the molecule is Cc1ccc2nc(CS(=O)(=O)Cc3c(Cl)cccc3Cl)cc(=O)n2c1. The molecule has 0 unspecified atom stereocenters. The summed E-state index contributed by atoms with van der Waals surface area (Å²) in [5.74, 6) is -0.686. The third-order valence-electron chi connectivity index (χ3n) is 3.65. The minimum atomic E-state index is -3.61. The third-order valence-corrected chi connectivity index (χ3v) is 5.83. The van der Waals surface area contributed by atoms with Crippen molar-refractivity contribution >= 4 is 38.7 Å². The van der Waals surface area contributed by atoms with E-state index in [2.05, 4.69) is 4.98 Å². The quantitative estimate of drug-likeness (QED) is 0.677. The topological polar surface area (TPSA) is 68.5 Å². The molecule has 2 aromatic heterocycles. The highest BCUT2D eigenvalue weighted by Gasteiger charge is 2.19. The van der Waals surface area contributed by atoms with Crippen molar-refractivity contribution in [3.8, 4) is 0 Å². The van der Waals surface area contributed by atoms with E-state index in [1.54, 1.807) is 30.5 Å². The van der Waals surface area contributed by atoms with E-state index in [1.807, 2.05) is 13.0 Å². The smallest absolute Gasteiger partial charge is 0.258 e. The molecule has 2 heterocycles. The van der Waals surface area contributed by atoms with Gasteiger partial charge in [-0.1, -0.05) is 35.3 Å². The molecule has 5 nitrogen and oxygen atoms in total. The number of nitrogens with zero attached hydrogens (tertiary/aromatic N) is 2. The minimum absolute atomic E-state index is 0.192. The van der Waals surface area contributed by atoms with E-state index in [4.69, 9.17) is 23.2 Å². The molecule has 0 saturated carbocycles. The first kappa shape index (κ1) is 17.9. The Morgan fingerprint density at radius 1 is 1.08 bits per heavy atom. The lowest BCUT2D eigenvalue weighted by molar-refractivity contribution is 0.594. The molecule has 0 aliphatic rings. The molecule has 0 atom stereocenters. The van der Waals surface area contributed by atoms with Crippen LogP contribution in [0.5, 0.6) is 0 Å². The lowest BCUT2D eigenvalue weighted by Gasteiger charge is -2.09. The summed E-state index contributed by atoms with van der Waals surface area (Å²) in [5.41, 5.74) is 1.52. The summed E-state index contributed by atoms with van der Waals surface area (Å²) in [6, 6.07) is 9.54. The van der Waals surface area contributed by atoms with Gasteiger partial charge in [-0.3, -0.25) is 9.20 Å². The summed E-state index contributed by atoms with van der Waals surface area (Å²) in [6.07, 6.45) is 1.66. The summed E-state index contributed by atoms with van der Waals surface area (Å²) in [4.78, 5) is 16.5. The van der Waals surface area contributed by atoms with Crippen LogP contribution in [0, 0.1) is 6.92 Å². The lowest BCUT2D eigenvalue weighted by Crippen LogP contribution is -2.18. The standard InChI is InChI=1S/C17H14Cl2N2O3S/c1-11-5-6-16-20-12(7-17(22)21(16)8-11)9-25(23,24)10-13-14(18)3-2-4-15(13)19/h2-8H,9-10H2,1H3. The fraction of sp³-hybridized carbons (Fsp3) is 0.176. The molecule has 0 aliphatic heterocycles. The molecular formula is C17H14Cl2N2O3S. The Balaban J connectivity index is 1.95. The Bertz CT molecular complexity index is 1100. The van der Waals surface area contributed by atoms with Crippen molar-refractivity contribution in [3.05, 3.63) is 79.8 Å². The van der Waals surface area contributed by atoms with Crippen molar-refractivity contribution in [2.75, 3.05) is 0 Å². The van der Waals surface area contributed by atoms with Crippen LogP contribution in [0.3, 0.4) is 0 Å². The lowest BCUT2D eigenvalue weighted by atomic mass is 10.2. The van der Waals surface area contributed by atoms with Crippen LogP contribution >= 0.6 is 23.2 Å². The van der Waals surface area contributed by atoms with Gasteiger partial charge in [-0.2, -0.15) is 0 Å². The van der Waals surface area contributed by atoms with Crippen LogP contribution in [0.4, 0.5) is 0 Å². The normalized spacial score (nSPS) is 11.8. The van der Waals surface area contributed by atoms with Crippen LogP contribution in [-0.2, 0) is 21.3 Å². The zero-order valence-corrected chi connectivity index (χ0v) is 15.6. The Morgan fingerprint density at radius 3 is 2.44 bits per heavy atom. The first-order valence-electron chi connectivity index (χ1n) is 7.37. The van der Waals surface area contributed by atoms with Gasteiger partial charge in [0.2, 0.25) is 0 Å². The number of aromatic nitrogens is 2. The number of hydrogen-bond donors (Lipinski definition) is 0. The molecule has 0 N–H and O–H groups in total. The van der Waals surface area contributed by atoms with Gasteiger partial charge >= 0.3 is 0 Å². The first-order valence-corrected chi connectivity index (χ1v) is 9.95. The summed E-state index contributed by atoms with van der Waals surface area (Å²) in [5, 5.41) is 0.580. The molecule has 8 heteroatoms. The molecule has 0 amide bonds. The third kappa shape index (κ3) is 4.03. The molecule has 1 aromatic carbocycles. The van der Waals surface area contributed by atoms with Gasteiger partial charge in [-0.05, 0) is 30.7 Å². The highest BCUT2D eigenvalue weighted by atomic mass is 35.5. The van der Waals surface area contributed by atoms with Crippen LogP contribution in [0.1, 0.15) is 16.8 Å². The summed E-state index contributed by atoms with van der Waals surface area (Å²) < 4.78 is 26.4. The van der Waals surface area contributed by atoms with E-state index in [1.165, 1.54) is 10.5 Å². The Hall–Kier alpha value is -1.89. The number of aryl methyl sites for hydroxylation is 1. The molecule has 0 bridgehead atoms. The maximum atomic E-state index is 12.5.